The Balaban J connectivity index is 1.56. The van der Waals surface area contributed by atoms with Crippen LogP contribution < -0.4 is 0 Å². The van der Waals surface area contributed by atoms with Gasteiger partial charge in [0.05, 0.1) is 12.6 Å². The summed E-state index contributed by atoms with van der Waals surface area (Å²) in [5, 5.41) is 9.27. The standard InChI is InChI=1S/C14H20N4O2/c15-8-12-9-17(6-7-18(12)11-3-4-11)14(20)10-16-5-1-2-13(16)19/h11-12H,1-7,9-10H2. The van der Waals surface area contributed by atoms with Gasteiger partial charge in [-0.3, -0.25) is 14.5 Å². The van der Waals surface area contributed by atoms with Crippen molar-refractivity contribution in [2.24, 2.45) is 0 Å². The lowest BCUT2D eigenvalue weighted by molar-refractivity contribution is -0.140. The van der Waals surface area contributed by atoms with Gasteiger partial charge in [-0.25, -0.2) is 0 Å². The highest BCUT2D eigenvalue weighted by molar-refractivity contribution is 5.86. The van der Waals surface area contributed by atoms with Crippen LogP contribution in [0.1, 0.15) is 25.7 Å². The van der Waals surface area contributed by atoms with Crippen LogP contribution in [-0.4, -0.2) is 71.3 Å². The monoisotopic (exact) mass is 276 g/mol. The van der Waals surface area contributed by atoms with Gasteiger partial charge in [0, 0.05) is 38.6 Å². The molecule has 1 unspecified atom stereocenters. The van der Waals surface area contributed by atoms with E-state index >= 15 is 0 Å². The van der Waals surface area contributed by atoms with E-state index in [1.54, 1.807) is 9.80 Å². The minimum absolute atomic E-state index is 0.0176. The Kier molecular flexibility index (Phi) is 3.62. The van der Waals surface area contributed by atoms with Crippen molar-refractivity contribution >= 4 is 11.8 Å². The van der Waals surface area contributed by atoms with E-state index < -0.39 is 0 Å². The summed E-state index contributed by atoms with van der Waals surface area (Å²) >= 11 is 0. The Morgan fingerprint density at radius 3 is 2.70 bits per heavy atom. The maximum atomic E-state index is 12.3. The first-order chi connectivity index (χ1) is 9.69. The van der Waals surface area contributed by atoms with Crippen LogP contribution in [0.4, 0.5) is 0 Å². The van der Waals surface area contributed by atoms with E-state index in [1.807, 2.05) is 0 Å². The van der Waals surface area contributed by atoms with Crippen molar-refractivity contribution in [2.75, 3.05) is 32.7 Å². The van der Waals surface area contributed by atoms with Gasteiger partial charge < -0.3 is 9.80 Å². The van der Waals surface area contributed by atoms with Crippen molar-refractivity contribution in [3.05, 3.63) is 0 Å². The van der Waals surface area contributed by atoms with Gasteiger partial charge in [0.25, 0.3) is 0 Å². The summed E-state index contributed by atoms with van der Waals surface area (Å²) in [6.07, 6.45) is 3.76. The largest absolute Gasteiger partial charge is 0.337 e. The molecule has 0 aromatic heterocycles. The molecule has 3 aliphatic rings. The maximum absolute atomic E-state index is 12.3. The van der Waals surface area contributed by atoms with Crippen molar-refractivity contribution in [3.8, 4) is 6.07 Å². The fourth-order valence-corrected chi connectivity index (χ4v) is 3.12. The molecule has 3 rings (SSSR count). The molecule has 0 radical (unpaired) electrons. The second-order valence-electron chi connectivity index (χ2n) is 5.87. The summed E-state index contributed by atoms with van der Waals surface area (Å²) in [7, 11) is 0. The van der Waals surface area contributed by atoms with Crippen LogP contribution in [0.15, 0.2) is 0 Å². The van der Waals surface area contributed by atoms with Gasteiger partial charge in [0.15, 0.2) is 0 Å². The average molecular weight is 276 g/mol. The Hall–Kier alpha value is -1.61. The van der Waals surface area contributed by atoms with Gasteiger partial charge >= 0.3 is 0 Å². The van der Waals surface area contributed by atoms with E-state index in [4.69, 9.17) is 0 Å². The van der Waals surface area contributed by atoms with Crippen molar-refractivity contribution in [3.63, 3.8) is 0 Å². The summed E-state index contributed by atoms with van der Waals surface area (Å²) in [5.41, 5.74) is 0. The fourth-order valence-electron chi connectivity index (χ4n) is 3.12. The SMILES string of the molecule is N#CC1CN(C(=O)CN2CCCC2=O)CCN1C1CC1. The predicted octanol–water partition coefficient (Wildman–Crippen LogP) is -0.192. The first kappa shape index (κ1) is 13.4. The van der Waals surface area contributed by atoms with Gasteiger partial charge in [-0.15, -0.1) is 0 Å². The molecule has 0 aromatic carbocycles. The second kappa shape index (κ2) is 5.41. The van der Waals surface area contributed by atoms with Crippen LogP contribution >= 0.6 is 0 Å². The van der Waals surface area contributed by atoms with Crippen molar-refractivity contribution in [1.82, 2.24) is 14.7 Å². The van der Waals surface area contributed by atoms with Gasteiger partial charge in [0.2, 0.25) is 11.8 Å². The molecular weight excluding hydrogens is 256 g/mol. The van der Waals surface area contributed by atoms with E-state index in [1.165, 1.54) is 12.8 Å². The molecular formula is C14H20N4O2. The molecule has 0 aromatic rings. The van der Waals surface area contributed by atoms with Crippen LogP contribution in [0.2, 0.25) is 0 Å². The first-order valence-electron chi connectivity index (χ1n) is 7.40. The third-order valence-electron chi connectivity index (χ3n) is 4.44. The number of likely N-dealkylation sites (tertiary alicyclic amines) is 1. The van der Waals surface area contributed by atoms with E-state index in [9.17, 15) is 14.9 Å². The summed E-state index contributed by atoms with van der Waals surface area (Å²) < 4.78 is 0. The zero-order valence-corrected chi connectivity index (χ0v) is 11.6. The van der Waals surface area contributed by atoms with Crippen molar-refractivity contribution < 1.29 is 9.59 Å². The number of carbonyl (C=O) groups excluding carboxylic acids is 2. The molecule has 1 atom stereocenters. The molecule has 3 fully saturated rings. The lowest BCUT2D eigenvalue weighted by Crippen LogP contribution is -2.56. The highest BCUT2D eigenvalue weighted by Crippen LogP contribution is 2.30. The number of amides is 2. The predicted molar refractivity (Wildman–Crippen MR) is 71.5 cm³/mol. The topological polar surface area (TPSA) is 67.6 Å². The molecule has 6 heteroatoms. The minimum atomic E-state index is -0.186. The fraction of sp³-hybridized carbons (Fsp3) is 0.786. The quantitative estimate of drug-likeness (QED) is 0.716. The van der Waals surface area contributed by atoms with E-state index in [-0.39, 0.29) is 24.4 Å². The molecule has 2 saturated heterocycles. The number of nitrogens with zero attached hydrogens (tertiary/aromatic N) is 4. The van der Waals surface area contributed by atoms with Gasteiger partial charge in [-0.2, -0.15) is 5.26 Å². The zero-order chi connectivity index (χ0) is 14.1. The Morgan fingerprint density at radius 1 is 1.30 bits per heavy atom. The minimum Gasteiger partial charge on any atom is -0.337 e. The van der Waals surface area contributed by atoms with Crippen molar-refractivity contribution in [1.29, 1.82) is 5.26 Å². The molecule has 6 nitrogen and oxygen atoms in total. The molecule has 0 spiro atoms. The van der Waals surface area contributed by atoms with Gasteiger partial charge in [-0.1, -0.05) is 0 Å². The molecule has 2 heterocycles. The van der Waals surface area contributed by atoms with Crippen LogP contribution in [0.5, 0.6) is 0 Å². The lowest BCUT2D eigenvalue weighted by Gasteiger charge is -2.38. The molecule has 108 valence electrons. The van der Waals surface area contributed by atoms with Crippen LogP contribution in [0, 0.1) is 11.3 Å². The van der Waals surface area contributed by atoms with Crippen LogP contribution in [-0.2, 0) is 9.59 Å². The number of hydrogen-bond acceptors (Lipinski definition) is 4. The van der Waals surface area contributed by atoms with Gasteiger partial charge in [0.1, 0.15) is 6.04 Å². The van der Waals surface area contributed by atoms with Crippen molar-refractivity contribution in [2.45, 2.75) is 37.8 Å². The highest BCUT2D eigenvalue weighted by Gasteiger charge is 2.38. The number of carbonyl (C=O) groups is 2. The third-order valence-corrected chi connectivity index (χ3v) is 4.44. The number of piperazine rings is 1. The van der Waals surface area contributed by atoms with Crippen LogP contribution in [0.25, 0.3) is 0 Å². The summed E-state index contributed by atoms with van der Waals surface area (Å²) in [6.45, 7) is 2.81. The third kappa shape index (κ3) is 2.63. The number of nitriles is 1. The van der Waals surface area contributed by atoms with Gasteiger partial charge in [-0.05, 0) is 19.3 Å². The summed E-state index contributed by atoms with van der Waals surface area (Å²) in [6, 6.07) is 2.68. The molecule has 1 aliphatic carbocycles. The average Bonchev–Trinajstić information content (AvgIpc) is 3.23. The molecule has 2 aliphatic heterocycles. The molecule has 1 saturated carbocycles. The van der Waals surface area contributed by atoms with E-state index in [2.05, 4.69) is 11.0 Å². The Bertz CT molecular complexity index is 455. The van der Waals surface area contributed by atoms with Crippen LogP contribution in [0.3, 0.4) is 0 Å². The van der Waals surface area contributed by atoms with E-state index in [0.29, 0.717) is 32.1 Å². The molecule has 20 heavy (non-hydrogen) atoms. The lowest BCUT2D eigenvalue weighted by atomic mass is 10.1. The first-order valence-corrected chi connectivity index (χ1v) is 7.40. The second-order valence-corrected chi connectivity index (χ2v) is 5.87. The molecule has 2 amide bonds. The normalized spacial score (nSPS) is 27.8. The maximum Gasteiger partial charge on any atom is 0.242 e. The summed E-state index contributed by atoms with van der Waals surface area (Å²) in [5.74, 6) is 0.0581. The number of rotatable bonds is 3. The van der Waals surface area contributed by atoms with E-state index in [0.717, 1.165) is 13.0 Å². The Labute approximate surface area is 118 Å². The molecule has 0 bridgehead atoms. The zero-order valence-electron chi connectivity index (χ0n) is 11.6. The molecule has 0 N–H and O–H groups in total. The smallest absolute Gasteiger partial charge is 0.242 e. The number of hydrogen-bond donors (Lipinski definition) is 0. The summed E-state index contributed by atoms with van der Waals surface area (Å²) in [4.78, 5) is 29.4. The highest BCUT2D eigenvalue weighted by atomic mass is 16.2. The Morgan fingerprint density at radius 2 is 2.10 bits per heavy atom.